The van der Waals surface area contributed by atoms with Gasteiger partial charge in [-0.3, -0.25) is 4.57 Å². The molecule has 0 spiro atoms. The van der Waals surface area contributed by atoms with Gasteiger partial charge in [-0.2, -0.15) is 15.0 Å². The highest BCUT2D eigenvalue weighted by Crippen LogP contribution is 2.24. The molecule has 0 fully saturated rings. The van der Waals surface area contributed by atoms with Crippen molar-refractivity contribution in [2.45, 2.75) is 6.92 Å². The SMILES string of the molecule is Cc1cccc(Oc2nc(N)nc(-n3ccnc3)n2)c1F. The number of ether oxygens (including phenoxy) is 1. The number of aromatic nitrogens is 5. The zero-order valence-electron chi connectivity index (χ0n) is 11.1. The number of halogens is 1. The molecule has 0 saturated carbocycles. The zero-order chi connectivity index (χ0) is 14.8. The van der Waals surface area contributed by atoms with E-state index in [1.165, 1.54) is 17.0 Å². The van der Waals surface area contributed by atoms with Gasteiger partial charge in [-0.15, -0.1) is 0 Å². The summed E-state index contributed by atoms with van der Waals surface area (Å²) in [6.07, 6.45) is 4.72. The van der Waals surface area contributed by atoms with Crippen LogP contribution in [0.4, 0.5) is 10.3 Å². The lowest BCUT2D eigenvalue weighted by atomic mass is 10.2. The maximum absolute atomic E-state index is 13.9. The molecule has 0 bridgehead atoms. The van der Waals surface area contributed by atoms with Crippen molar-refractivity contribution >= 4 is 5.95 Å². The fourth-order valence-corrected chi connectivity index (χ4v) is 1.70. The first kappa shape index (κ1) is 13.0. The number of anilines is 1. The van der Waals surface area contributed by atoms with Crippen molar-refractivity contribution in [3.8, 4) is 17.7 Å². The van der Waals surface area contributed by atoms with Crippen LogP contribution in [-0.4, -0.2) is 24.5 Å². The van der Waals surface area contributed by atoms with E-state index in [1.54, 1.807) is 31.5 Å². The first-order valence-electron chi connectivity index (χ1n) is 6.06. The molecule has 0 atom stereocenters. The maximum atomic E-state index is 13.9. The largest absolute Gasteiger partial charge is 0.421 e. The average molecular weight is 286 g/mol. The van der Waals surface area contributed by atoms with Gasteiger partial charge in [0.05, 0.1) is 0 Å². The molecule has 0 unspecified atom stereocenters. The van der Waals surface area contributed by atoms with E-state index in [0.29, 0.717) is 5.56 Å². The minimum absolute atomic E-state index is 0.0252. The van der Waals surface area contributed by atoms with Crippen LogP contribution in [0.1, 0.15) is 5.56 Å². The van der Waals surface area contributed by atoms with Gasteiger partial charge in [0.1, 0.15) is 6.33 Å². The van der Waals surface area contributed by atoms with Crippen LogP contribution >= 0.6 is 0 Å². The van der Waals surface area contributed by atoms with Crippen molar-refractivity contribution in [2.24, 2.45) is 0 Å². The molecule has 2 aromatic heterocycles. The summed E-state index contributed by atoms with van der Waals surface area (Å²) in [5.41, 5.74) is 6.08. The molecular formula is C13H11FN6O. The molecule has 7 nitrogen and oxygen atoms in total. The number of benzene rings is 1. The highest BCUT2D eigenvalue weighted by molar-refractivity contribution is 5.33. The van der Waals surface area contributed by atoms with E-state index >= 15 is 0 Å². The van der Waals surface area contributed by atoms with Gasteiger partial charge in [0.15, 0.2) is 11.6 Å². The van der Waals surface area contributed by atoms with Crippen LogP contribution in [0.15, 0.2) is 36.9 Å². The lowest BCUT2D eigenvalue weighted by Gasteiger charge is -2.08. The van der Waals surface area contributed by atoms with E-state index in [-0.39, 0.29) is 23.7 Å². The first-order chi connectivity index (χ1) is 10.1. The van der Waals surface area contributed by atoms with Crippen molar-refractivity contribution in [3.63, 3.8) is 0 Å². The van der Waals surface area contributed by atoms with E-state index in [4.69, 9.17) is 10.5 Å². The number of hydrogen-bond donors (Lipinski definition) is 1. The second-order valence-electron chi connectivity index (χ2n) is 4.24. The smallest absolute Gasteiger partial charge is 0.328 e. The Kier molecular flexibility index (Phi) is 3.19. The van der Waals surface area contributed by atoms with Crippen molar-refractivity contribution in [1.82, 2.24) is 24.5 Å². The fourth-order valence-electron chi connectivity index (χ4n) is 1.70. The summed E-state index contributed by atoms with van der Waals surface area (Å²) < 4.78 is 20.8. The van der Waals surface area contributed by atoms with E-state index in [1.807, 2.05) is 0 Å². The third-order valence-corrected chi connectivity index (χ3v) is 2.71. The average Bonchev–Trinajstić information content (AvgIpc) is 2.97. The highest BCUT2D eigenvalue weighted by Gasteiger charge is 2.12. The summed E-state index contributed by atoms with van der Waals surface area (Å²) in [5, 5.41) is 0. The lowest BCUT2D eigenvalue weighted by Crippen LogP contribution is -2.07. The Labute approximate surface area is 119 Å². The molecule has 8 heteroatoms. The molecule has 2 heterocycles. The topological polar surface area (TPSA) is 91.7 Å². The monoisotopic (exact) mass is 286 g/mol. The summed E-state index contributed by atoms with van der Waals surface area (Å²) in [6, 6.07) is 4.71. The zero-order valence-corrected chi connectivity index (χ0v) is 11.1. The lowest BCUT2D eigenvalue weighted by molar-refractivity contribution is 0.407. The second-order valence-corrected chi connectivity index (χ2v) is 4.24. The number of nitrogens with two attached hydrogens (primary N) is 1. The maximum Gasteiger partial charge on any atom is 0.328 e. The number of aryl methyl sites for hydroxylation is 1. The normalized spacial score (nSPS) is 10.6. The fraction of sp³-hybridized carbons (Fsp3) is 0.0769. The van der Waals surface area contributed by atoms with Crippen LogP contribution in [0.3, 0.4) is 0 Å². The molecule has 21 heavy (non-hydrogen) atoms. The van der Waals surface area contributed by atoms with Crippen molar-refractivity contribution in [2.75, 3.05) is 5.73 Å². The summed E-state index contributed by atoms with van der Waals surface area (Å²) in [5.74, 6) is -0.238. The van der Waals surface area contributed by atoms with Gasteiger partial charge in [0.25, 0.3) is 0 Å². The van der Waals surface area contributed by atoms with Gasteiger partial charge in [-0.1, -0.05) is 12.1 Å². The van der Waals surface area contributed by atoms with Crippen LogP contribution in [0.5, 0.6) is 11.8 Å². The minimum Gasteiger partial charge on any atom is -0.421 e. The molecule has 3 aromatic rings. The molecule has 0 amide bonds. The molecule has 2 N–H and O–H groups in total. The quantitative estimate of drug-likeness (QED) is 0.790. The van der Waals surface area contributed by atoms with E-state index in [0.717, 1.165) is 0 Å². The van der Waals surface area contributed by atoms with Crippen LogP contribution < -0.4 is 10.5 Å². The van der Waals surface area contributed by atoms with Gasteiger partial charge in [-0.05, 0) is 18.6 Å². The number of rotatable bonds is 3. The number of imidazole rings is 1. The molecular weight excluding hydrogens is 275 g/mol. The Balaban J connectivity index is 1.98. The number of nitrogens with zero attached hydrogens (tertiary/aromatic N) is 5. The van der Waals surface area contributed by atoms with Crippen LogP contribution in [0.25, 0.3) is 5.95 Å². The van der Waals surface area contributed by atoms with E-state index in [9.17, 15) is 4.39 Å². The molecule has 0 aliphatic heterocycles. The Hall–Kier alpha value is -3.03. The van der Waals surface area contributed by atoms with Gasteiger partial charge >= 0.3 is 6.01 Å². The Morgan fingerprint density at radius 2 is 2.10 bits per heavy atom. The van der Waals surface area contributed by atoms with Gasteiger partial charge in [0.2, 0.25) is 11.9 Å². The molecule has 3 rings (SSSR count). The Morgan fingerprint density at radius 1 is 1.24 bits per heavy atom. The van der Waals surface area contributed by atoms with Crippen molar-refractivity contribution in [1.29, 1.82) is 0 Å². The van der Waals surface area contributed by atoms with Gasteiger partial charge in [-0.25, -0.2) is 9.37 Å². The third kappa shape index (κ3) is 2.64. The molecule has 0 radical (unpaired) electrons. The minimum atomic E-state index is -0.472. The predicted molar refractivity (Wildman–Crippen MR) is 72.6 cm³/mol. The Morgan fingerprint density at radius 3 is 2.86 bits per heavy atom. The Bertz CT molecular complexity index is 774. The van der Waals surface area contributed by atoms with E-state index in [2.05, 4.69) is 19.9 Å². The molecule has 0 saturated heterocycles. The summed E-state index contributed by atoms with van der Waals surface area (Å²) in [6.45, 7) is 1.64. The summed E-state index contributed by atoms with van der Waals surface area (Å²) in [7, 11) is 0. The van der Waals surface area contributed by atoms with Crippen LogP contribution in [0.2, 0.25) is 0 Å². The van der Waals surface area contributed by atoms with Gasteiger partial charge < -0.3 is 10.5 Å². The first-order valence-corrected chi connectivity index (χ1v) is 6.06. The standard InChI is InChI=1S/C13H11FN6O/c1-8-3-2-4-9(10(8)14)21-13-18-11(15)17-12(19-13)20-6-5-16-7-20/h2-7H,1H3,(H2,15,17,18,19). The molecule has 1 aromatic carbocycles. The van der Waals surface area contributed by atoms with Crippen LogP contribution in [0, 0.1) is 12.7 Å². The molecule has 0 aliphatic rings. The van der Waals surface area contributed by atoms with Gasteiger partial charge in [0, 0.05) is 12.4 Å². The van der Waals surface area contributed by atoms with Crippen molar-refractivity contribution in [3.05, 3.63) is 48.3 Å². The molecule has 0 aliphatic carbocycles. The predicted octanol–water partition coefficient (Wildman–Crippen LogP) is 1.88. The molecule has 106 valence electrons. The third-order valence-electron chi connectivity index (χ3n) is 2.71. The van der Waals surface area contributed by atoms with Crippen molar-refractivity contribution < 1.29 is 9.13 Å². The van der Waals surface area contributed by atoms with Crippen LogP contribution in [-0.2, 0) is 0 Å². The number of nitrogen functional groups attached to an aromatic ring is 1. The van der Waals surface area contributed by atoms with E-state index < -0.39 is 5.82 Å². The second kappa shape index (κ2) is 5.16. The number of hydrogen-bond acceptors (Lipinski definition) is 6. The summed E-state index contributed by atoms with van der Waals surface area (Å²) >= 11 is 0. The highest BCUT2D eigenvalue weighted by atomic mass is 19.1. The summed E-state index contributed by atoms with van der Waals surface area (Å²) in [4.78, 5) is 15.8.